The largest absolute Gasteiger partial charge is 0.497 e. The van der Waals surface area contributed by atoms with E-state index in [2.05, 4.69) is 15.3 Å². The number of hydrogen-bond donors (Lipinski definition) is 3. The van der Waals surface area contributed by atoms with Crippen molar-refractivity contribution in [3.63, 3.8) is 0 Å². The van der Waals surface area contributed by atoms with Crippen LogP contribution in [0, 0.1) is 12.3 Å². The minimum Gasteiger partial charge on any atom is -0.497 e. The van der Waals surface area contributed by atoms with Crippen LogP contribution in [0.2, 0.25) is 0 Å². The number of methoxy groups -OCH3 is 1. The molecule has 1 amide bonds. The molecule has 25 heavy (non-hydrogen) atoms. The fourth-order valence-electron chi connectivity index (χ4n) is 3.37. The maximum absolute atomic E-state index is 12.5. The molecule has 0 aliphatic heterocycles. The molecule has 2 aromatic rings. The first-order chi connectivity index (χ1) is 12.1. The molecule has 0 atom stereocenters. The van der Waals surface area contributed by atoms with E-state index in [1.54, 1.807) is 7.11 Å². The number of carbonyl (C=O) groups is 1. The fourth-order valence-corrected chi connectivity index (χ4v) is 3.37. The molecule has 1 aliphatic rings. The third kappa shape index (κ3) is 3.69. The van der Waals surface area contributed by atoms with Crippen molar-refractivity contribution in [2.45, 2.75) is 32.6 Å². The molecule has 134 valence electrons. The van der Waals surface area contributed by atoms with Gasteiger partial charge in [0.05, 0.1) is 7.11 Å². The van der Waals surface area contributed by atoms with Crippen LogP contribution in [-0.2, 0) is 0 Å². The molecule has 1 heterocycles. The first-order valence-corrected chi connectivity index (χ1v) is 8.67. The van der Waals surface area contributed by atoms with E-state index in [0.29, 0.717) is 18.1 Å². The van der Waals surface area contributed by atoms with Crippen molar-refractivity contribution < 1.29 is 14.6 Å². The molecule has 3 N–H and O–H groups in total. The third-order valence-corrected chi connectivity index (χ3v) is 5.12. The molecular formula is C19H25N3O3. The minimum atomic E-state index is -0.174. The van der Waals surface area contributed by atoms with Crippen LogP contribution in [0.25, 0.3) is 11.4 Å². The topological polar surface area (TPSA) is 87.2 Å². The lowest BCUT2D eigenvalue weighted by molar-refractivity contribution is 0.0729. The highest BCUT2D eigenvalue weighted by molar-refractivity contribution is 5.94. The Morgan fingerprint density at radius 2 is 2.24 bits per heavy atom. The van der Waals surface area contributed by atoms with Crippen molar-refractivity contribution in [3.05, 3.63) is 35.7 Å². The van der Waals surface area contributed by atoms with Gasteiger partial charge in [-0.05, 0) is 43.7 Å². The van der Waals surface area contributed by atoms with E-state index in [1.807, 2.05) is 31.2 Å². The molecule has 0 radical (unpaired) electrons. The molecule has 0 saturated heterocycles. The van der Waals surface area contributed by atoms with Crippen LogP contribution in [0.3, 0.4) is 0 Å². The quantitative estimate of drug-likeness (QED) is 0.721. The molecule has 6 nitrogen and oxygen atoms in total. The van der Waals surface area contributed by atoms with Crippen LogP contribution in [0.4, 0.5) is 0 Å². The second-order valence-corrected chi connectivity index (χ2v) is 6.80. The van der Waals surface area contributed by atoms with Gasteiger partial charge in [-0.15, -0.1) is 0 Å². The van der Waals surface area contributed by atoms with E-state index in [4.69, 9.17) is 4.74 Å². The molecular weight excluding hydrogens is 318 g/mol. The number of nitrogens with one attached hydrogen (secondary N) is 2. The summed E-state index contributed by atoms with van der Waals surface area (Å²) in [6, 6.07) is 7.56. The van der Waals surface area contributed by atoms with Crippen LogP contribution in [0.1, 0.15) is 41.9 Å². The number of amides is 1. The van der Waals surface area contributed by atoms with E-state index in [1.165, 1.54) is 0 Å². The Hall–Kier alpha value is -2.34. The van der Waals surface area contributed by atoms with Crippen molar-refractivity contribution in [2.75, 3.05) is 20.3 Å². The first kappa shape index (κ1) is 17.5. The van der Waals surface area contributed by atoms with Crippen LogP contribution in [0.15, 0.2) is 24.3 Å². The van der Waals surface area contributed by atoms with Gasteiger partial charge in [-0.1, -0.05) is 18.6 Å². The number of ether oxygens (including phenoxy) is 1. The molecule has 0 bridgehead atoms. The van der Waals surface area contributed by atoms with Crippen LogP contribution >= 0.6 is 0 Å². The van der Waals surface area contributed by atoms with E-state index in [0.717, 1.165) is 42.7 Å². The Bertz CT molecular complexity index is 750. The van der Waals surface area contributed by atoms with Gasteiger partial charge in [-0.3, -0.25) is 4.79 Å². The van der Waals surface area contributed by atoms with Gasteiger partial charge >= 0.3 is 0 Å². The molecule has 0 spiro atoms. The molecule has 6 heteroatoms. The zero-order valence-electron chi connectivity index (χ0n) is 14.8. The summed E-state index contributed by atoms with van der Waals surface area (Å²) < 4.78 is 5.24. The summed E-state index contributed by atoms with van der Waals surface area (Å²) in [5, 5.41) is 12.2. The maximum atomic E-state index is 12.5. The van der Waals surface area contributed by atoms with Crippen molar-refractivity contribution in [3.8, 4) is 17.1 Å². The lowest BCUT2D eigenvalue weighted by Crippen LogP contribution is -2.43. The highest BCUT2D eigenvalue weighted by Crippen LogP contribution is 2.43. The normalized spacial score (nSPS) is 15.5. The Morgan fingerprint density at radius 3 is 2.88 bits per heavy atom. The van der Waals surface area contributed by atoms with Gasteiger partial charge in [0, 0.05) is 24.4 Å². The monoisotopic (exact) mass is 343 g/mol. The molecule has 1 fully saturated rings. The number of H-pyrrole nitrogens is 1. The number of nitrogens with zero attached hydrogens (tertiary/aromatic N) is 1. The highest BCUT2D eigenvalue weighted by Gasteiger charge is 2.36. The zero-order valence-corrected chi connectivity index (χ0v) is 14.8. The van der Waals surface area contributed by atoms with Crippen LogP contribution in [-0.4, -0.2) is 41.2 Å². The number of aliphatic hydroxyl groups is 1. The fraction of sp³-hybridized carbons (Fsp3) is 0.474. The third-order valence-electron chi connectivity index (χ3n) is 5.12. The van der Waals surface area contributed by atoms with Crippen molar-refractivity contribution in [1.82, 2.24) is 15.3 Å². The maximum Gasteiger partial charge on any atom is 0.271 e. The van der Waals surface area contributed by atoms with Gasteiger partial charge in [-0.2, -0.15) is 0 Å². The molecule has 1 aromatic heterocycles. The number of aliphatic hydroxyl groups excluding tert-OH is 1. The van der Waals surface area contributed by atoms with Crippen molar-refractivity contribution in [2.24, 2.45) is 5.41 Å². The number of aromatic amines is 1. The Balaban J connectivity index is 1.72. The van der Waals surface area contributed by atoms with Crippen molar-refractivity contribution >= 4 is 5.91 Å². The van der Waals surface area contributed by atoms with Crippen LogP contribution < -0.4 is 10.1 Å². The van der Waals surface area contributed by atoms with Gasteiger partial charge in [-0.25, -0.2) is 4.98 Å². The highest BCUT2D eigenvalue weighted by atomic mass is 16.5. The minimum absolute atomic E-state index is 0.0598. The molecule has 1 saturated carbocycles. The van der Waals surface area contributed by atoms with Crippen LogP contribution in [0.5, 0.6) is 5.75 Å². The molecule has 1 aromatic carbocycles. The van der Waals surface area contributed by atoms with Gasteiger partial charge in [0.2, 0.25) is 0 Å². The van der Waals surface area contributed by atoms with Crippen molar-refractivity contribution in [1.29, 1.82) is 0 Å². The summed E-state index contributed by atoms with van der Waals surface area (Å²) in [4.78, 5) is 20.2. The van der Waals surface area contributed by atoms with Gasteiger partial charge in [0.1, 0.15) is 17.3 Å². The second kappa shape index (κ2) is 7.27. The summed E-state index contributed by atoms with van der Waals surface area (Å²) in [5.41, 5.74) is 2.08. The van der Waals surface area contributed by atoms with Gasteiger partial charge < -0.3 is 20.1 Å². The zero-order chi connectivity index (χ0) is 17.9. The van der Waals surface area contributed by atoms with E-state index in [-0.39, 0.29) is 17.9 Å². The standard InChI is InChI=1S/C19H25N3O3/c1-13-16(18(24)20-12-19(9-10-23)7-4-8-19)22-17(21-13)14-5-3-6-15(11-14)25-2/h3,5-6,11,23H,4,7-10,12H2,1-2H3,(H,20,24)(H,21,22). The van der Waals surface area contributed by atoms with Gasteiger partial charge in [0.15, 0.2) is 0 Å². The number of aryl methyl sites for hydroxylation is 1. The lowest BCUT2D eigenvalue weighted by atomic mass is 9.67. The average molecular weight is 343 g/mol. The first-order valence-electron chi connectivity index (χ1n) is 8.67. The Morgan fingerprint density at radius 1 is 1.44 bits per heavy atom. The van der Waals surface area contributed by atoms with E-state index < -0.39 is 0 Å². The summed E-state index contributed by atoms with van der Waals surface area (Å²) >= 11 is 0. The summed E-state index contributed by atoms with van der Waals surface area (Å²) in [6.45, 7) is 2.60. The Kier molecular flexibility index (Phi) is 5.08. The summed E-state index contributed by atoms with van der Waals surface area (Å²) in [5.74, 6) is 1.22. The second-order valence-electron chi connectivity index (χ2n) is 6.80. The number of imidazole rings is 1. The number of aromatic nitrogens is 2. The summed E-state index contributed by atoms with van der Waals surface area (Å²) in [6.07, 6.45) is 4.02. The molecule has 0 unspecified atom stereocenters. The number of carbonyl (C=O) groups excluding carboxylic acids is 1. The Labute approximate surface area is 147 Å². The van der Waals surface area contributed by atoms with Gasteiger partial charge in [0.25, 0.3) is 5.91 Å². The predicted octanol–water partition coefficient (Wildman–Crippen LogP) is 2.68. The van der Waals surface area contributed by atoms with E-state index >= 15 is 0 Å². The smallest absolute Gasteiger partial charge is 0.271 e. The summed E-state index contributed by atoms with van der Waals surface area (Å²) in [7, 11) is 1.62. The number of benzene rings is 1. The lowest BCUT2D eigenvalue weighted by Gasteiger charge is -2.41. The predicted molar refractivity (Wildman–Crippen MR) is 95.6 cm³/mol. The molecule has 3 rings (SSSR count). The van der Waals surface area contributed by atoms with E-state index in [9.17, 15) is 9.90 Å². The SMILES string of the molecule is COc1cccc(-c2nc(C(=O)NCC3(CCO)CCC3)c(C)[nH]2)c1. The number of hydrogen-bond acceptors (Lipinski definition) is 4. The molecule has 1 aliphatic carbocycles. The average Bonchev–Trinajstić information content (AvgIpc) is 2.99. The number of rotatable bonds is 7.